The van der Waals surface area contributed by atoms with Crippen LogP contribution in [0, 0.1) is 47.9 Å². The smallest absolute Gasteiger partial charge is 0.434 e. The van der Waals surface area contributed by atoms with Crippen LogP contribution in [0.5, 0.6) is 0 Å². The Labute approximate surface area is 428 Å². The van der Waals surface area contributed by atoms with Crippen LogP contribution in [0.4, 0.5) is 4.79 Å². The number of terminal acetylenes is 1. The zero-order valence-corrected chi connectivity index (χ0v) is 44.8. The number of esters is 1. The van der Waals surface area contributed by atoms with Crippen LogP contribution in [0.2, 0.25) is 0 Å². The van der Waals surface area contributed by atoms with Crippen LogP contribution in [0.25, 0.3) is 0 Å². The van der Waals surface area contributed by atoms with Gasteiger partial charge in [0.1, 0.15) is 30.0 Å². The number of carbonyl (C=O) groups is 5. The number of cyclic esters (lactones) is 1. The molecule has 72 heavy (non-hydrogen) atoms. The number of hydrogen-bond donors (Lipinski definition) is 4. The van der Waals surface area contributed by atoms with Crippen LogP contribution in [0.3, 0.4) is 0 Å². The minimum atomic E-state index is -2.60. The number of allylic oxidation sites excluding steroid dienone is 6. The molecule has 0 aromatic heterocycles. The molecule has 0 radical (unpaired) electrons. The number of fused-ring (bicyclic) bond motifs is 3. The number of rotatable bonds is 6. The average molecular weight is 1010 g/mol. The van der Waals surface area contributed by atoms with E-state index in [4.69, 9.17) is 30.1 Å². The molecule has 0 unspecified atom stereocenters. The van der Waals surface area contributed by atoms with E-state index in [0.717, 1.165) is 4.90 Å². The van der Waals surface area contributed by atoms with Gasteiger partial charge in [-0.25, -0.2) is 9.59 Å². The maximum atomic E-state index is 14.5. The first kappa shape index (κ1) is 60.3. The number of methoxy groups -OCH3 is 2. The minimum Gasteiger partial charge on any atom is -0.460 e. The number of ether oxygens (including phenoxy) is 5. The number of Topliss-reactive ketones (excluding diaryl/α,β-unsaturated/α-hetero) is 2. The molecule has 0 spiro atoms. The number of aliphatic hydroxyl groups is 3. The van der Waals surface area contributed by atoms with Gasteiger partial charge in [0.15, 0.2) is 5.78 Å². The highest BCUT2D eigenvalue weighted by Gasteiger charge is 2.53. The number of amides is 2. The monoisotopic (exact) mass is 1010 g/mol. The Hall–Kier alpha value is -4.21. The number of carbonyl (C=O) groups excluding carboxylic acids is 5. The molecule has 4 N–H and O–H groups in total. The molecule has 0 aromatic rings. The third kappa shape index (κ3) is 16.4. The molecule has 404 valence electrons. The number of hydrogen-bond acceptors (Lipinski definition) is 14. The first-order valence-corrected chi connectivity index (χ1v) is 26.1. The maximum Gasteiger partial charge on any atom is 0.434 e. The van der Waals surface area contributed by atoms with Crippen LogP contribution in [0.15, 0.2) is 47.6 Å². The third-order valence-corrected chi connectivity index (χ3v) is 15.0. The number of hydroxylamine groups is 2. The van der Waals surface area contributed by atoms with E-state index < -0.39 is 95.5 Å². The second-order valence-corrected chi connectivity index (χ2v) is 22.1. The number of aliphatic hydroxyl groups excluding tert-OH is 2. The molecule has 4 rings (SSSR count). The summed E-state index contributed by atoms with van der Waals surface area (Å²) in [6.45, 7) is 15.8. The van der Waals surface area contributed by atoms with E-state index in [2.05, 4.69) is 5.92 Å². The number of piperidine rings is 1. The van der Waals surface area contributed by atoms with Gasteiger partial charge in [-0.2, -0.15) is 5.06 Å². The maximum absolute atomic E-state index is 14.5. The zero-order chi connectivity index (χ0) is 53.7. The van der Waals surface area contributed by atoms with Crippen molar-refractivity contribution < 1.29 is 68.2 Å². The molecule has 16 nitrogen and oxygen atoms in total. The van der Waals surface area contributed by atoms with E-state index in [0.29, 0.717) is 80.4 Å². The molecule has 3 heterocycles. The Morgan fingerprint density at radius 1 is 0.903 bits per heavy atom. The van der Waals surface area contributed by atoms with Gasteiger partial charge in [0.05, 0.1) is 30.3 Å². The summed E-state index contributed by atoms with van der Waals surface area (Å²) in [5.41, 5.74) is 0.104. The predicted octanol–water partition coefficient (Wildman–Crippen LogP) is 7.59. The van der Waals surface area contributed by atoms with E-state index in [9.17, 15) is 44.5 Å². The summed E-state index contributed by atoms with van der Waals surface area (Å²) >= 11 is 0. The van der Waals surface area contributed by atoms with Gasteiger partial charge in [-0.3, -0.25) is 19.6 Å². The number of nitrogens with zero attached hydrogens (tertiary/aromatic N) is 2. The van der Waals surface area contributed by atoms with Gasteiger partial charge in [0, 0.05) is 39.0 Å². The lowest BCUT2D eigenvalue weighted by molar-refractivity contribution is -0.266. The molecule has 0 aromatic carbocycles. The van der Waals surface area contributed by atoms with Crippen LogP contribution in [-0.2, 0) is 42.9 Å². The predicted molar refractivity (Wildman–Crippen MR) is 271 cm³/mol. The van der Waals surface area contributed by atoms with Crippen molar-refractivity contribution in [3.8, 4) is 12.3 Å². The van der Waals surface area contributed by atoms with Gasteiger partial charge in [-0.05, 0) is 141 Å². The highest BCUT2D eigenvalue weighted by Crippen LogP contribution is 2.38. The van der Waals surface area contributed by atoms with E-state index in [-0.39, 0.29) is 55.4 Å². The van der Waals surface area contributed by atoms with Crippen LogP contribution in [0.1, 0.15) is 146 Å². The van der Waals surface area contributed by atoms with Crippen LogP contribution >= 0.6 is 0 Å². The van der Waals surface area contributed by atoms with Crippen molar-refractivity contribution in [3.05, 3.63) is 47.6 Å². The fraction of sp³-hybridized carbons (Fsp3) is 0.732. The molecule has 3 aliphatic heterocycles. The molecule has 2 bridgehead atoms. The quantitative estimate of drug-likeness (QED) is 0.0503. The molecular weight excluding hydrogens is 925 g/mol. The second kappa shape index (κ2) is 27.4. The third-order valence-electron chi connectivity index (χ3n) is 15.0. The summed E-state index contributed by atoms with van der Waals surface area (Å²) in [6.07, 6.45) is 16.2. The highest BCUT2D eigenvalue weighted by atomic mass is 16.6. The van der Waals surface area contributed by atoms with Crippen molar-refractivity contribution in [2.24, 2.45) is 35.5 Å². The molecule has 3 fully saturated rings. The first-order valence-electron chi connectivity index (χ1n) is 26.1. The summed E-state index contributed by atoms with van der Waals surface area (Å²) < 4.78 is 29.3. The lowest BCUT2D eigenvalue weighted by atomic mass is 9.78. The van der Waals surface area contributed by atoms with Crippen LogP contribution < -0.4 is 0 Å². The lowest BCUT2D eigenvalue weighted by Gasteiger charge is -2.43. The van der Waals surface area contributed by atoms with Gasteiger partial charge in [0.25, 0.3) is 11.7 Å². The number of ketones is 2. The van der Waals surface area contributed by atoms with Crippen molar-refractivity contribution >= 4 is 29.5 Å². The highest BCUT2D eigenvalue weighted by molar-refractivity contribution is 6.39. The molecule has 15 atom stereocenters. The summed E-state index contributed by atoms with van der Waals surface area (Å²) in [6, 6.07) is -2.23. The molecule has 1 aliphatic carbocycles. The molecule has 4 aliphatic rings. The van der Waals surface area contributed by atoms with E-state index in [1.807, 2.05) is 39.0 Å². The lowest BCUT2D eigenvalue weighted by Crippen LogP contribution is -2.61. The van der Waals surface area contributed by atoms with Crippen molar-refractivity contribution in [2.75, 3.05) is 20.8 Å². The first-order chi connectivity index (χ1) is 33.8. The summed E-state index contributed by atoms with van der Waals surface area (Å²) in [4.78, 5) is 71.7. The molecule has 16 heteroatoms. The fourth-order valence-corrected chi connectivity index (χ4v) is 10.7. The molecule has 1 saturated carbocycles. The van der Waals surface area contributed by atoms with Crippen molar-refractivity contribution in [3.63, 3.8) is 0 Å². The largest absolute Gasteiger partial charge is 0.460 e. The second-order valence-electron chi connectivity index (χ2n) is 22.1. The van der Waals surface area contributed by atoms with Gasteiger partial charge in [-0.15, -0.1) is 6.42 Å². The van der Waals surface area contributed by atoms with E-state index in [1.165, 1.54) is 7.11 Å². The molecule has 2 amide bonds. The average Bonchev–Trinajstić information content (AvgIpc) is 3.33. The molecule has 2 saturated heterocycles. The topological polar surface area (TPSA) is 219 Å². The van der Waals surface area contributed by atoms with E-state index >= 15 is 0 Å². The SMILES string of the molecule is C#C[C@H](C[C@@H]1CC[C@@H](O)[C@H](OC)C1)[C@@H]1CC[C@H](C)/C=C(\C)[C@@H](O)[C@@H](OC)C(=O)[C@H](C)C[C@H](C)/C=C/C=C/C=C(\C)[C@@H](N(O)C(=O)OC(C)(C)C)C[C@@H]2CC[C@@H](C)[C@@](O)(O2)C(=O)C(=O)N2CCCC[C@H]2C(=O)O1. The van der Waals surface area contributed by atoms with Crippen molar-refractivity contribution in [1.29, 1.82) is 0 Å². The Morgan fingerprint density at radius 2 is 1.61 bits per heavy atom. The fourth-order valence-electron chi connectivity index (χ4n) is 10.7. The minimum absolute atomic E-state index is 0.0422. The van der Waals surface area contributed by atoms with Gasteiger partial charge in [-0.1, -0.05) is 70.1 Å². The summed E-state index contributed by atoms with van der Waals surface area (Å²) in [7, 11) is 2.96. The zero-order valence-electron chi connectivity index (χ0n) is 44.8. The Bertz CT molecular complexity index is 2020. The van der Waals surface area contributed by atoms with Crippen LogP contribution in [-0.4, -0.2) is 141 Å². The van der Waals surface area contributed by atoms with E-state index in [1.54, 1.807) is 66.9 Å². The Morgan fingerprint density at radius 3 is 2.26 bits per heavy atom. The van der Waals surface area contributed by atoms with Gasteiger partial charge < -0.3 is 43.9 Å². The van der Waals surface area contributed by atoms with Crippen molar-refractivity contribution in [1.82, 2.24) is 9.96 Å². The summed E-state index contributed by atoms with van der Waals surface area (Å²) in [5, 5.41) is 46.1. The van der Waals surface area contributed by atoms with Gasteiger partial charge >= 0.3 is 12.1 Å². The Kier molecular flexibility index (Phi) is 22.9. The summed E-state index contributed by atoms with van der Waals surface area (Å²) in [5.74, 6) is -5.07. The van der Waals surface area contributed by atoms with Gasteiger partial charge in [0.2, 0.25) is 5.79 Å². The van der Waals surface area contributed by atoms with Crippen molar-refractivity contribution in [2.45, 2.75) is 206 Å². The normalized spacial score (nSPS) is 37.6. The molecular formula is C56H86N2O14. The standard InChI is InChI=1S/C56H86N2O14/c1-13-41(31-40-24-26-45(59)47(32-40)68-11)46-27-22-35(3)30-38(6)49(61)50(69-12)48(60)37(5)29-34(2)19-15-14-16-20-36(4)44(58(67)54(65)72-55(8,9)10)33-42-25-23-39(7)56(66,71-42)51(62)52(63)57-28-18-17-21-43(57)53(64)70-46/h1,14-16,19-20,30,34-35,37,39-47,49-50,59,61,66-67H,17-18,21-29,31-33H2,2-12H3/b16-14+,19-15+,36-20+,38-30+/t34-,35+,37-,39-,40+,41-,42+,43+,44+,45-,46+,47-,49-,50+,56-/m1/s1. The Balaban J connectivity index is 1.76.